The molecule has 1 aliphatic carbocycles. The van der Waals surface area contributed by atoms with Gasteiger partial charge in [0, 0.05) is 18.7 Å². The van der Waals surface area contributed by atoms with Crippen LogP contribution >= 0.6 is 0 Å². The molecule has 0 unspecified atom stereocenters. The fourth-order valence-electron chi connectivity index (χ4n) is 3.11. The molecule has 6 nitrogen and oxygen atoms in total. The van der Waals surface area contributed by atoms with E-state index in [4.69, 9.17) is 0 Å². The maximum absolute atomic E-state index is 12.1. The van der Waals surface area contributed by atoms with Crippen LogP contribution in [-0.2, 0) is 22.4 Å². The van der Waals surface area contributed by atoms with E-state index in [0.29, 0.717) is 0 Å². The number of amides is 4. The molecule has 0 aromatic heterocycles. The van der Waals surface area contributed by atoms with Crippen molar-refractivity contribution in [3.63, 3.8) is 0 Å². The zero-order valence-corrected chi connectivity index (χ0v) is 13.4. The Hall–Kier alpha value is -2.37. The molecule has 0 saturated carbocycles. The normalized spacial score (nSPS) is 18.8. The molecule has 1 fully saturated rings. The van der Waals surface area contributed by atoms with Crippen LogP contribution in [0, 0.1) is 0 Å². The number of fused-ring (bicyclic) bond motifs is 1. The minimum absolute atomic E-state index is 0.0882. The summed E-state index contributed by atoms with van der Waals surface area (Å²) >= 11 is 0. The van der Waals surface area contributed by atoms with Crippen LogP contribution in [-0.4, -0.2) is 34.8 Å². The predicted octanol–water partition coefficient (Wildman–Crippen LogP) is 1.83. The molecule has 122 valence electrons. The van der Waals surface area contributed by atoms with Crippen molar-refractivity contribution in [2.45, 2.75) is 45.1 Å². The number of hydrogen-bond acceptors (Lipinski definition) is 3. The summed E-state index contributed by atoms with van der Waals surface area (Å²) in [4.78, 5) is 37.0. The number of nitrogens with zero attached hydrogens (tertiary/aromatic N) is 1. The van der Waals surface area contributed by atoms with Crippen molar-refractivity contribution in [3.05, 3.63) is 29.3 Å². The summed E-state index contributed by atoms with van der Waals surface area (Å²) < 4.78 is 0. The Labute approximate surface area is 135 Å². The number of hydrogen-bond donors (Lipinski definition) is 2. The van der Waals surface area contributed by atoms with E-state index >= 15 is 0 Å². The fraction of sp³-hybridized carbons (Fsp3) is 0.471. The Morgan fingerprint density at radius 2 is 2.00 bits per heavy atom. The predicted molar refractivity (Wildman–Crippen MR) is 86.0 cm³/mol. The zero-order valence-electron chi connectivity index (χ0n) is 13.4. The standard InChI is InChI=1S/C17H21N3O3/c1-17(2)15(22)20(16(23)19-17)9-8-14(21)18-13-7-6-11-4-3-5-12(11)10-13/h6-7,10H,3-5,8-9H2,1-2H3,(H,18,21)(H,19,23). The first-order valence-corrected chi connectivity index (χ1v) is 7.92. The largest absolute Gasteiger partial charge is 0.326 e. The summed E-state index contributed by atoms with van der Waals surface area (Å²) in [6, 6.07) is 5.53. The van der Waals surface area contributed by atoms with E-state index in [1.165, 1.54) is 11.1 Å². The summed E-state index contributed by atoms with van der Waals surface area (Å²) in [5.74, 6) is -0.499. The second-order valence-corrected chi connectivity index (χ2v) is 6.65. The molecule has 1 aromatic rings. The van der Waals surface area contributed by atoms with Gasteiger partial charge in [0.2, 0.25) is 5.91 Å². The topological polar surface area (TPSA) is 78.5 Å². The third-order valence-electron chi connectivity index (χ3n) is 4.39. The molecule has 0 radical (unpaired) electrons. The van der Waals surface area contributed by atoms with Gasteiger partial charge in [0.25, 0.3) is 5.91 Å². The number of rotatable bonds is 4. The van der Waals surface area contributed by atoms with Crippen LogP contribution in [0.25, 0.3) is 0 Å². The molecule has 6 heteroatoms. The lowest BCUT2D eigenvalue weighted by Crippen LogP contribution is -2.40. The Kier molecular flexibility index (Phi) is 3.83. The summed E-state index contributed by atoms with van der Waals surface area (Å²) in [7, 11) is 0. The van der Waals surface area contributed by atoms with Crippen LogP contribution in [0.3, 0.4) is 0 Å². The first-order chi connectivity index (χ1) is 10.9. The van der Waals surface area contributed by atoms with Crippen molar-refractivity contribution >= 4 is 23.5 Å². The number of nitrogens with one attached hydrogen (secondary N) is 2. The van der Waals surface area contributed by atoms with E-state index in [2.05, 4.69) is 16.7 Å². The zero-order chi connectivity index (χ0) is 16.6. The minimum Gasteiger partial charge on any atom is -0.326 e. The van der Waals surface area contributed by atoms with E-state index in [-0.39, 0.29) is 24.8 Å². The Morgan fingerprint density at radius 3 is 2.70 bits per heavy atom. The lowest BCUT2D eigenvalue weighted by atomic mass is 10.1. The Balaban J connectivity index is 1.56. The van der Waals surface area contributed by atoms with Crippen molar-refractivity contribution in [1.82, 2.24) is 10.2 Å². The highest BCUT2D eigenvalue weighted by molar-refractivity contribution is 6.06. The molecule has 0 bridgehead atoms. The number of aryl methyl sites for hydroxylation is 2. The summed E-state index contributed by atoms with van der Waals surface area (Å²) in [5, 5.41) is 5.44. The molecule has 2 aliphatic rings. The van der Waals surface area contributed by atoms with Gasteiger partial charge in [0.05, 0.1) is 0 Å². The fourth-order valence-corrected chi connectivity index (χ4v) is 3.11. The minimum atomic E-state index is -0.895. The number of carbonyl (C=O) groups is 3. The van der Waals surface area contributed by atoms with Gasteiger partial charge in [-0.1, -0.05) is 6.07 Å². The van der Waals surface area contributed by atoms with Crippen LogP contribution in [0.15, 0.2) is 18.2 Å². The molecule has 4 amide bonds. The molecule has 1 heterocycles. The van der Waals surface area contributed by atoms with Crippen LogP contribution in [0.1, 0.15) is 37.8 Å². The van der Waals surface area contributed by atoms with Gasteiger partial charge in [-0.15, -0.1) is 0 Å². The van der Waals surface area contributed by atoms with E-state index in [1.807, 2.05) is 12.1 Å². The number of benzene rings is 1. The van der Waals surface area contributed by atoms with Gasteiger partial charge in [-0.05, 0) is 56.4 Å². The average Bonchev–Trinajstić information content (AvgIpc) is 3.00. The quantitative estimate of drug-likeness (QED) is 0.832. The molecule has 0 spiro atoms. The third kappa shape index (κ3) is 3.06. The van der Waals surface area contributed by atoms with E-state index in [9.17, 15) is 14.4 Å². The van der Waals surface area contributed by atoms with E-state index in [1.54, 1.807) is 13.8 Å². The Morgan fingerprint density at radius 1 is 1.26 bits per heavy atom. The number of anilines is 1. The highest BCUT2D eigenvalue weighted by Crippen LogP contribution is 2.25. The monoisotopic (exact) mass is 315 g/mol. The number of carbonyl (C=O) groups excluding carboxylic acids is 3. The van der Waals surface area contributed by atoms with E-state index in [0.717, 1.165) is 29.8 Å². The molecular formula is C17H21N3O3. The number of imide groups is 1. The van der Waals surface area contributed by atoms with Crippen molar-refractivity contribution < 1.29 is 14.4 Å². The second kappa shape index (κ2) is 5.68. The van der Waals surface area contributed by atoms with Gasteiger partial charge >= 0.3 is 6.03 Å². The van der Waals surface area contributed by atoms with Crippen molar-refractivity contribution in [2.24, 2.45) is 0 Å². The van der Waals surface area contributed by atoms with Crippen LogP contribution in [0.5, 0.6) is 0 Å². The van der Waals surface area contributed by atoms with E-state index < -0.39 is 11.6 Å². The average molecular weight is 315 g/mol. The highest BCUT2D eigenvalue weighted by Gasteiger charge is 2.43. The molecule has 1 aliphatic heterocycles. The van der Waals surface area contributed by atoms with Gasteiger partial charge < -0.3 is 10.6 Å². The molecule has 2 N–H and O–H groups in total. The van der Waals surface area contributed by atoms with Crippen molar-refractivity contribution in [3.8, 4) is 0 Å². The van der Waals surface area contributed by atoms with Crippen LogP contribution in [0.2, 0.25) is 0 Å². The first kappa shape index (κ1) is 15.5. The molecule has 1 saturated heterocycles. The van der Waals surface area contributed by atoms with Gasteiger partial charge in [0.15, 0.2) is 0 Å². The third-order valence-corrected chi connectivity index (χ3v) is 4.39. The smallest absolute Gasteiger partial charge is 0.325 e. The molecule has 23 heavy (non-hydrogen) atoms. The SMILES string of the molecule is CC1(C)NC(=O)N(CCC(=O)Nc2ccc3c(c2)CCC3)C1=O. The van der Waals surface area contributed by atoms with Gasteiger partial charge in [-0.3, -0.25) is 14.5 Å². The summed E-state index contributed by atoms with van der Waals surface area (Å²) in [6.45, 7) is 3.39. The molecule has 0 atom stereocenters. The van der Waals surface area contributed by atoms with Crippen LogP contribution in [0.4, 0.5) is 10.5 Å². The highest BCUT2D eigenvalue weighted by atomic mass is 16.2. The molecule has 3 rings (SSSR count). The van der Waals surface area contributed by atoms with Crippen LogP contribution < -0.4 is 10.6 Å². The van der Waals surface area contributed by atoms with Gasteiger partial charge in [-0.2, -0.15) is 0 Å². The lowest BCUT2D eigenvalue weighted by Gasteiger charge is -2.15. The Bertz CT molecular complexity index is 682. The lowest BCUT2D eigenvalue weighted by molar-refractivity contribution is -0.130. The summed E-state index contributed by atoms with van der Waals surface area (Å²) in [5.41, 5.74) is 2.52. The molecular weight excluding hydrogens is 294 g/mol. The van der Waals surface area contributed by atoms with Crippen molar-refractivity contribution in [1.29, 1.82) is 0 Å². The summed E-state index contributed by atoms with van der Waals surface area (Å²) in [6.07, 6.45) is 3.41. The maximum atomic E-state index is 12.1. The second-order valence-electron chi connectivity index (χ2n) is 6.65. The number of urea groups is 1. The van der Waals surface area contributed by atoms with Gasteiger partial charge in [0.1, 0.15) is 5.54 Å². The maximum Gasteiger partial charge on any atom is 0.325 e. The molecule has 1 aromatic carbocycles. The van der Waals surface area contributed by atoms with Gasteiger partial charge in [-0.25, -0.2) is 4.79 Å². The van der Waals surface area contributed by atoms with Crippen molar-refractivity contribution in [2.75, 3.05) is 11.9 Å². The first-order valence-electron chi connectivity index (χ1n) is 7.92.